The Morgan fingerprint density at radius 3 is 2.73 bits per heavy atom. The monoisotopic (exact) mass is 631 g/mol. The van der Waals surface area contributed by atoms with E-state index in [-0.39, 0.29) is 12.0 Å². The fourth-order valence-electron chi connectivity index (χ4n) is 4.63. The second-order valence-corrected chi connectivity index (χ2v) is 11.3. The van der Waals surface area contributed by atoms with E-state index in [9.17, 15) is 10.1 Å². The SMILES string of the molecule is CN(C)C/C=C/C(=O)Nc1c(OC2CCOC2)ccc2c(Nc3ccc(OCc4cccc(Cl)c4)c(Cl)c3)c(C#N)cnc12. The Labute approximate surface area is 265 Å². The van der Waals surface area contributed by atoms with Crippen molar-refractivity contribution in [3.05, 3.63) is 94.1 Å². The van der Waals surface area contributed by atoms with Crippen LogP contribution in [0.5, 0.6) is 11.5 Å². The van der Waals surface area contributed by atoms with Crippen molar-refractivity contribution in [2.24, 2.45) is 0 Å². The third-order valence-electron chi connectivity index (χ3n) is 6.78. The summed E-state index contributed by atoms with van der Waals surface area (Å²) in [6, 6.07) is 18.5. The molecule has 1 unspecified atom stereocenters. The average molecular weight is 633 g/mol. The Kier molecular flexibility index (Phi) is 10.2. The number of nitriles is 1. The van der Waals surface area contributed by atoms with Crippen LogP contribution in [0.2, 0.25) is 10.0 Å². The van der Waals surface area contributed by atoms with Crippen molar-refractivity contribution in [2.75, 3.05) is 44.5 Å². The lowest BCUT2D eigenvalue weighted by atomic mass is 10.1. The van der Waals surface area contributed by atoms with Gasteiger partial charge in [0.15, 0.2) is 0 Å². The highest BCUT2D eigenvalue weighted by Gasteiger charge is 2.22. The zero-order chi connectivity index (χ0) is 31.1. The number of benzene rings is 3. The number of amides is 1. The highest BCUT2D eigenvalue weighted by molar-refractivity contribution is 6.32. The van der Waals surface area contributed by atoms with Crippen LogP contribution < -0.4 is 20.1 Å². The van der Waals surface area contributed by atoms with Crippen molar-refractivity contribution in [3.63, 3.8) is 0 Å². The summed E-state index contributed by atoms with van der Waals surface area (Å²) in [5.74, 6) is 0.643. The number of nitrogens with one attached hydrogen (secondary N) is 2. The highest BCUT2D eigenvalue weighted by atomic mass is 35.5. The predicted molar refractivity (Wildman–Crippen MR) is 173 cm³/mol. The zero-order valence-corrected chi connectivity index (χ0v) is 25.8. The second-order valence-electron chi connectivity index (χ2n) is 10.4. The zero-order valence-electron chi connectivity index (χ0n) is 24.3. The number of hydrogen-bond acceptors (Lipinski definition) is 8. The molecule has 3 aromatic carbocycles. The Morgan fingerprint density at radius 2 is 2.00 bits per heavy atom. The largest absolute Gasteiger partial charge is 0.487 e. The number of ether oxygens (including phenoxy) is 3. The van der Waals surface area contributed by atoms with Gasteiger partial charge < -0.3 is 29.7 Å². The molecule has 0 bridgehead atoms. The van der Waals surface area contributed by atoms with Crippen LogP contribution >= 0.6 is 23.2 Å². The summed E-state index contributed by atoms with van der Waals surface area (Å²) >= 11 is 12.7. The third kappa shape index (κ3) is 7.78. The molecule has 226 valence electrons. The van der Waals surface area contributed by atoms with Gasteiger partial charge in [-0.3, -0.25) is 9.78 Å². The maximum atomic E-state index is 12.9. The summed E-state index contributed by atoms with van der Waals surface area (Å²) in [5.41, 5.74) is 3.24. The molecule has 0 saturated carbocycles. The first-order valence-electron chi connectivity index (χ1n) is 14.0. The van der Waals surface area contributed by atoms with Crippen LogP contribution in [0.1, 0.15) is 17.5 Å². The molecule has 1 aromatic heterocycles. The number of aromatic nitrogens is 1. The van der Waals surface area contributed by atoms with Gasteiger partial charge in [-0.15, -0.1) is 0 Å². The van der Waals surface area contributed by atoms with Crippen molar-refractivity contribution in [2.45, 2.75) is 19.1 Å². The Balaban J connectivity index is 1.46. The first kappa shape index (κ1) is 31.1. The average Bonchev–Trinajstić information content (AvgIpc) is 3.51. The van der Waals surface area contributed by atoms with Crippen LogP contribution in [0, 0.1) is 11.3 Å². The van der Waals surface area contributed by atoms with E-state index in [0.717, 1.165) is 12.0 Å². The van der Waals surface area contributed by atoms with Gasteiger partial charge in [0.05, 0.1) is 35.0 Å². The molecule has 1 aliphatic rings. The molecule has 44 heavy (non-hydrogen) atoms. The van der Waals surface area contributed by atoms with Crippen LogP contribution in [-0.4, -0.2) is 55.7 Å². The summed E-state index contributed by atoms with van der Waals surface area (Å²) in [6.45, 7) is 1.98. The number of likely N-dealkylation sites (N-methyl/N-ethyl adjacent to an activating group) is 1. The fraction of sp³-hybridized carbons (Fsp3) is 0.242. The molecule has 1 saturated heterocycles. The molecule has 5 rings (SSSR count). The fourth-order valence-corrected chi connectivity index (χ4v) is 5.08. The number of pyridine rings is 1. The molecule has 11 heteroatoms. The van der Waals surface area contributed by atoms with Crippen molar-refractivity contribution < 1.29 is 19.0 Å². The molecular formula is C33H31Cl2N5O4. The molecule has 2 heterocycles. The van der Waals surface area contributed by atoms with Crippen molar-refractivity contribution in [3.8, 4) is 17.6 Å². The van der Waals surface area contributed by atoms with E-state index in [0.29, 0.717) is 81.4 Å². The first-order valence-corrected chi connectivity index (χ1v) is 14.7. The van der Waals surface area contributed by atoms with Gasteiger partial charge in [0.2, 0.25) is 5.91 Å². The van der Waals surface area contributed by atoms with E-state index in [4.69, 9.17) is 37.4 Å². The van der Waals surface area contributed by atoms with Crippen LogP contribution in [0.25, 0.3) is 10.9 Å². The first-order chi connectivity index (χ1) is 21.3. The minimum absolute atomic E-state index is 0.148. The number of carbonyl (C=O) groups excluding carboxylic acids is 1. The van der Waals surface area contributed by atoms with Gasteiger partial charge in [-0.2, -0.15) is 5.26 Å². The van der Waals surface area contributed by atoms with Gasteiger partial charge in [-0.1, -0.05) is 41.4 Å². The molecule has 1 fully saturated rings. The normalized spacial score (nSPS) is 14.6. The van der Waals surface area contributed by atoms with E-state index in [1.807, 2.05) is 49.3 Å². The minimum atomic E-state index is -0.326. The summed E-state index contributed by atoms with van der Waals surface area (Å²) < 4.78 is 17.6. The number of halogens is 2. The Hall–Kier alpha value is -4.33. The third-order valence-corrected chi connectivity index (χ3v) is 7.31. The number of hydrogen-bond donors (Lipinski definition) is 2. The van der Waals surface area contributed by atoms with Gasteiger partial charge in [0.1, 0.15) is 36.0 Å². The number of anilines is 3. The van der Waals surface area contributed by atoms with Gasteiger partial charge in [0.25, 0.3) is 0 Å². The van der Waals surface area contributed by atoms with Crippen molar-refractivity contribution in [1.29, 1.82) is 5.26 Å². The van der Waals surface area contributed by atoms with Gasteiger partial charge in [-0.25, -0.2) is 0 Å². The second kappa shape index (κ2) is 14.4. The summed E-state index contributed by atoms with van der Waals surface area (Å²) in [6.07, 6.45) is 5.30. The summed E-state index contributed by atoms with van der Waals surface area (Å²) in [4.78, 5) is 19.4. The maximum absolute atomic E-state index is 12.9. The van der Waals surface area contributed by atoms with E-state index in [1.165, 1.54) is 12.3 Å². The Morgan fingerprint density at radius 1 is 1.16 bits per heavy atom. The number of nitrogens with zero attached hydrogens (tertiary/aromatic N) is 3. The molecule has 0 aliphatic carbocycles. The predicted octanol–water partition coefficient (Wildman–Crippen LogP) is 6.96. The molecule has 1 aliphatic heterocycles. The number of carbonyl (C=O) groups is 1. The van der Waals surface area contributed by atoms with E-state index in [2.05, 4.69) is 21.7 Å². The van der Waals surface area contributed by atoms with Gasteiger partial charge in [-0.05, 0) is 62.1 Å². The van der Waals surface area contributed by atoms with E-state index in [1.54, 1.807) is 30.3 Å². The van der Waals surface area contributed by atoms with Crippen molar-refractivity contribution >= 4 is 57.1 Å². The number of rotatable bonds is 11. The molecule has 9 nitrogen and oxygen atoms in total. The van der Waals surface area contributed by atoms with Crippen LogP contribution in [0.4, 0.5) is 17.1 Å². The molecular weight excluding hydrogens is 601 g/mol. The highest BCUT2D eigenvalue weighted by Crippen LogP contribution is 2.39. The van der Waals surface area contributed by atoms with Crippen LogP contribution in [0.15, 0.2) is 72.9 Å². The summed E-state index contributed by atoms with van der Waals surface area (Å²) in [5, 5.41) is 17.9. The van der Waals surface area contributed by atoms with E-state index < -0.39 is 0 Å². The molecule has 1 atom stereocenters. The topological polar surface area (TPSA) is 109 Å². The minimum Gasteiger partial charge on any atom is -0.487 e. The lowest BCUT2D eigenvalue weighted by Crippen LogP contribution is -2.18. The maximum Gasteiger partial charge on any atom is 0.248 e. The number of fused-ring (bicyclic) bond motifs is 1. The molecule has 4 aromatic rings. The smallest absolute Gasteiger partial charge is 0.248 e. The Bertz CT molecular complexity index is 1730. The molecule has 0 radical (unpaired) electrons. The van der Waals surface area contributed by atoms with Crippen LogP contribution in [0.3, 0.4) is 0 Å². The van der Waals surface area contributed by atoms with Gasteiger partial charge in [0, 0.05) is 41.3 Å². The van der Waals surface area contributed by atoms with Gasteiger partial charge >= 0.3 is 0 Å². The van der Waals surface area contributed by atoms with Crippen LogP contribution in [-0.2, 0) is 16.1 Å². The lowest BCUT2D eigenvalue weighted by Gasteiger charge is -2.19. The van der Waals surface area contributed by atoms with Crippen molar-refractivity contribution in [1.82, 2.24) is 9.88 Å². The standard InChI is InChI=1S/C33H31Cl2N5O4/c1-40(2)13-4-7-30(41)39-33-29(44-25-12-14-42-20-25)11-9-26-31(22(17-36)18-37-32(26)33)38-24-8-10-28(27(35)16-24)43-19-21-5-3-6-23(34)15-21/h3-11,15-16,18,25H,12-14,19-20H2,1-2H3,(H,37,38)(H,39,41)/b7-4+. The molecule has 2 N–H and O–H groups in total. The molecule has 1 amide bonds. The quantitative estimate of drug-likeness (QED) is 0.171. The molecule has 0 spiro atoms. The summed E-state index contributed by atoms with van der Waals surface area (Å²) in [7, 11) is 3.84. The lowest BCUT2D eigenvalue weighted by molar-refractivity contribution is -0.111. The van der Waals surface area contributed by atoms with E-state index >= 15 is 0 Å².